The number of halogens is 1. The van der Waals surface area contributed by atoms with E-state index in [1.165, 1.54) is 11.8 Å². The van der Waals surface area contributed by atoms with Gasteiger partial charge in [-0.15, -0.1) is 18.2 Å². The molecule has 1 amide bonds. The summed E-state index contributed by atoms with van der Waals surface area (Å²) >= 11 is 7.38. The van der Waals surface area contributed by atoms with Gasteiger partial charge in [-0.2, -0.15) is 0 Å². The molecular weight excluding hydrogens is 354 g/mol. The predicted octanol–water partition coefficient (Wildman–Crippen LogP) is 4.19. The van der Waals surface area contributed by atoms with Gasteiger partial charge in [0, 0.05) is 16.5 Å². The van der Waals surface area contributed by atoms with Crippen molar-refractivity contribution < 1.29 is 9.53 Å². The zero-order valence-electron chi connectivity index (χ0n) is 14.0. The van der Waals surface area contributed by atoms with Crippen molar-refractivity contribution in [3.63, 3.8) is 0 Å². The fraction of sp³-hybridized carbons (Fsp3) is 0.250. The molecule has 0 aliphatic heterocycles. The Balaban J connectivity index is 1.74. The van der Waals surface area contributed by atoms with E-state index in [0.717, 1.165) is 22.6 Å². The van der Waals surface area contributed by atoms with Gasteiger partial charge in [-0.25, -0.2) is 0 Å². The van der Waals surface area contributed by atoms with Crippen LogP contribution in [0, 0.1) is 12.3 Å². The number of terminal acetylenes is 1. The number of amides is 1. The second-order valence-corrected chi connectivity index (χ2v) is 7.24. The minimum absolute atomic E-state index is 0.0222. The molecule has 0 radical (unpaired) electrons. The lowest BCUT2D eigenvalue weighted by molar-refractivity contribution is -0.120. The summed E-state index contributed by atoms with van der Waals surface area (Å²) < 4.78 is 5.33. The molecule has 1 unspecified atom stereocenters. The van der Waals surface area contributed by atoms with Gasteiger partial charge in [0.1, 0.15) is 12.4 Å². The van der Waals surface area contributed by atoms with Crippen molar-refractivity contribution in [2.75, 3.05) is 13.2 Å². The van der Waals surface area contributed by atoms with Gasteiger partial charge >= 0.3 is 0 Å². The van der Waals surface area contributed by atoms with E-state index in [1.807, 2.05) is 55.5 Å². The van der Waals surface area contributed by atoms with Gasteiger partial charge in [0.2, 0.25) is 5.91 Å². The number of thioether (sulfide) groups is 1. The van der Waals surface area contributed by atoms with Gasteiger partial charge in [-0.05, 0) is 55.3 Å². The van der Waals surface area contributed by atoms with Crippen molar-refractivity contribution in [2.45, 2.75) is 23.5 Å². The maximum Gasteiger partial charge on any atom is 0.233 e. The quantitative estimate of drug-likeness (QED) is 0.557. The Kier molecular flexibility index (Phi) is 7.72. The van der Waals surface area contributed by atoms with Crippen LogP contribution in [0.4, 0.5) is 0 Å². The number of hydrogen-bond donors (Lipinski definition) is 1. The Morgan fingerprint density at radius 1 is 1.24 bits per heavy atom. The van der Waals surface area contributed by atoms with Crippen molar-refractivity contribution >= 4 is 29.3 Å². The van der Waals surface area contributed by atoms with E-state index in [4.69, 9.17) is 22.8 Å². The van der Waals surface area contributed by atoms with Crippen LogP contribution in [0.25, 0.3) is 0 Å². The van der Waals surface area contributed by atoms with Crippen LogP contribution in [0.1, 0.15) is 12.5 Å². The van der Waals surface area contributed by atoms with E-state index >= 15 is 0 Å². The van der Waals surface area contributed by atoms with Crippen molar-refractivity contribution in [2.24, 2.45) is 0 Å². The number of hydrogen-bond acceptors (Lipinski definition) is 3. The van der Waals surface area contributed by atoms with Crippen LogP contribution in [0.3, 0.4) is 0 Å². The molecule has 1 atom stereocenters. The summed E-state index contributed by atoms with van der Waals surface area (Å²) in [5, 5.41) is 3.49. The van der Waals surface area contributed by atoms with Crippen molar-refractivity contribution in [3.8, 4) is 18.1 Å². The Morgan fingerprint density at radius 2 is 1.92 bits per heavy atom. The highest BCUT2D eigenvalue weighted by Gasteiger charge is 2.13. The van der Waals surface area contributed by atoms with E-state index in [1.54, 1.807) is 0 Å². The average Bonchev–Trinajstić information content (AvgIpc) is 2.62. The second kappa shape index (κ2) is 10.0. The van der Waals surface area contributed by atoms with Crippen LogP contribution in [0.2, 0.25) is 5.02 Å². The Labute approximate surface area is 158 Å². The molecule has 130 valence electrons. The van der Waals surface area contributed by atoms with Crippen LogP contribution < -0.4 is 10.1 Å². The van der Waals surface area contributed by atoms with Gasteiger partial charge in [0.25, 0.3) is 0 Å². The molecule has 0 aromatic heterocycles. The first-order valence-corrected chi connectivity index (χ1v) is 9.19. The summed E-state index contributed by atoms with van der Waals surface area (Å²) in [5.41, 5.74) is 1.13. The highest BCUT2D eigenvalue weighted by molar-refractivity contribution is 8.00. The molecule has 2 aromatic rings. The van der Waals surface area contributed by atoms with E-state index in [0.29, 0.717) is 11.6 Å². The molecule has 0 spiro atoms. The molecule has 5 heteroatoms. The van der Waals surface area contributed by atoms with Gasteiger partial charge in [0.15, 0.2) is 0 Å². The minimum Gasteiger partial charge on any atom is -0.481 e. The lowest BCUT2D eigenvalue weighted by Gasteiger charge is -2.12. The first-order chi connectivity index (χ1) is 12.1. The highest BCUT2D eigenvalue weighted by Crippen LogP contribution is 2.24. The van der Waals surface area contributed by atoms with Crippen LogP contribution in [-0.4, -0.2) is 24.3 Å². The zero-order chi connectivity index (χ0) is 18.1. The van der Waals surface area contributed by atoms with Crippen molar-refractivity contribution in [3.05, 3.63) is 59.1 Å². The van der Waals surface area contributed by atoms with Crippen LogP contribution >= 0.6 is 23.4 Å². The molecule has 0 saturated heterocycles. The molecule has 0 fully saturated rings. The van der Waals surface area contributed by atoms with E-state index in [-0.39, 0.29) is 17.8 Å². The zero-order valence-corrected chi connectivity index (χ0v) is 15.6. The van der Waals surface area contributed by atoms with Gasteiger partial charge < -0.3 is 10.1 Å². The topological polar surface area (TPSA) is 38.3 Å². The third kappa shape index (κ3) is 6.74. The number of carbonyl (C=O) groups is 1. The molecule has 0 bridgehead atoms. The Morgan fingerprint density at radius 3 is 2.56 bits per heavy atom. The summed E-state index contributed by atoms with van der Waals surface area (Å²) in [6.07, 6.45) is 5.92. The summed E-state index contributed by atoms with van der Waals surface area (Å²) in [4.78, 5) is 13.2. The van der Waals surface area contributed by atoms with Crippen molar-refractivity contribution in [1.82, 2.24) is 5.32 Å². The summed E-state index contributed by atoms with van der Waals surface area (Å²) in [6, 6.07) is 15.2. The first-order valence-electron chi connectivity index (χ1n) is 7.93. The largest absolute Gasteiger partial charge is 0.481 e. The standard InChI is InChI=1S/C20H20ClNO2S/c1-3-14-24-18-8-4-16(5-9-18)12-13-22-20(23)15(2)25-19-10-6-17(21)7-11-19/h1,4-11,15H,12-14H2,2H3,(H,22,23). The Hall–Kier alpha value is -2.09. The third-order valence-corrected chi connectivity index (χ3v) is 4.82. The molecular formula is C20H20ClNO2S. The number of rotatable bonds is 8. The summed E-state index contributed by atoms with van der Waals surface area (Å²) in [5.74, 6) is 3.20. The fourth-order valence-electron chi connectivity index (χ4n) is 2.12. The maximum absolute atomic E-state index is 12.2. The number of nitrogens with one attached hydrogen (secondary N) is 1. The first kappa shape index (κ1) is 19.2. The van der Waals surface area contributed by atoms with E-state index in [9.17, 15) is 4.79 Å². The SMILES string of the molecule is C#CCOc1ccc(CCNC(=O)C(C)Sc2ccc(Cl)cc2)cc1. The number of ether oxygens (including phenoxy) is 1. The molecule has 25 heavy (non-hydrogen) atoms. The molecule has 2 aromatic carbocycles. The smallest absolute Gasteiger partial charge is 0.233 e. The molecule has 0 aliphatic carbocycles. The van der Waals surface area contributed by atoms with Crippen molar-refractivity contribution in [1.29, 1.82) is 0 Å². The van der Waals surface area contributed by atoms with Gasteiger partial charge in [0.05, 0.1) is 5.25 Å². The number of benzene rings is 2. The van der Waals surface area contributed by atoms with Gasteiger partial charge in [-0.3, -0.25) is 4.79 Å². The maximum atomic E-state index is 12.2. The monoisotopic (exact) mass is 373 g/mol. The average molecular weight is 374 g/mol. The predicted molar refractivity (Wildman–Crippen MR) is 104 cm³/mol. The molecule has 0 aliphatic rings. The molecule has 3 nitrogen and oxygen atoms in total. The highest BCUT2D eigenvalue weighted by atomic mass is 35.5. The molecule has 2 rings (SSSR count). The Bertz CT molecular complexity index is 723. The fourth-order valence-corrected chi connectivity index (χ4v) is 3.14. The lowest BCUT2D eigenvalue weighted by Crippen LogP contribution is -2.32. The molecule has 0 heterocycles. The lowest BCUT2D eigenvalue weighted by atomic mass is 10.1. The van der Waals surface area contributed by atoms with E-state index < -0.39 is 0 Å². The normalized spacial score (nSPS) is 11.4. The summed E-state index contributed by atoms with van der Waals surface area (Å²) in [7, 11) is 0. The second-order valence-electron chi connectivity index (χ2n) is 5.39. The number of carbonyl (C=O) groups excluding carboxylic acids is 1. The van der Waals surface area contributed by atoms with Crippen LogP contribution in [0.15, 0.2) is 53.4 Å². The molecule has 0 saturated carbocycles. The molecule has 1 N–H and O–H groups in total. The van der Waals surface area contributed by atoms with Crippen LogP contribution in [-0.2, 0) is 11.2 Å². The minimum atomic E-state index is -0.166. The summed E-state index contributed by atoms with van der Waals surface area (Å²) in [6.45, 7) is 2.75. The van der Waals surface area contributed by atoms with E-state index in [2.05, 4.69) is 11.2 Å². The third-order valence-electron chi connectivity index (χ3n) is 3.45. The van der Waals surface area contributed by atoms with Gasteiger partial charge in [-0.1, -0.05) is 29.7 Å². The van der Waals surface area contributed by atoms with Crippen LogP contribution in [0.5, 0.6) is 5.75 Å².